The summed E-state index contributed by atoms with van der Waals surface area (Å²) in [6.07, 6.45) is -0.0864. The molecule has 1 aliphatic rings. The molecular weight excluding hydrogens is 310 g/mol. The maximum Gasteiger partial charge on any atom is 0.258 e. The van der Waals surface area contributed by atoms with Crippen LogP contribution < -0.4 is 5.32 Å². The van der Waals surface area contributed by atoms with Crippen molar-refractivity contribution in [3.63, 3.8) is 0 Å². The van der Waals surface area contributed by atoms with Crippen molar-refractivity contribution in [2.75, 3.05) is 25.5 Å². The number of nitrogens with one attached hydrogen (secondary N) is 1. The van der Waals surface area contributed by atoms with Gasteiger partial charge in [-0.05, 0) is 30.9 Å². The normalized spacial score (nSPS) is 21.3. The molecule has 0 saturated carbocycles. The van der Waals surface area contributed by atoms with E-state index in [0.717, 1.165) is 16.3 Å². The van der Waals surface area contributed by atoms with E-state index in [1.54, 1.807) is 0 Å². The summed E-state index contributed by atoms with van der Waals surface area (Å²) >= 11 is 1.33. The number of amides is 1. The van der Waals surface area contributed by atoms with Crippen LogP contribution in [0.15, 0.2) is 30.3 Å². The summed E-state index contributed by atoms with van der Waals surface area (Å²) < 4.78 is 10.3. The molecule has 0 radical (unpaired) electrons. The predicted octanol–water partition coefficient (Wildman–Crippen LogP) is 3.10. The first-order valence-corrected chi connectivity index (χ1v) is 8.51. The van der Waals surface area contributed by atoms with Gasteiger partial charge in [0.25, 0.3) is 5.91 Å². The fourth-order valence-corrected chi connectivity index (χ4v) is 3.66. The Balaban J connectivity index is 1.84. The Morgan fingerprint density at radius 1 is 1.35 bits per heavy atom. The molecule has 6 heteroatoms. The quantitative estimate of drug-likeness (QED) is 0.939. The van der Waals surface area contributed by atoms with Gasteiger partial charge >= 0.3 is 0 Å². The molecular formula is C17H21N3O2S. The topological polar surface area (TPSA) is 54.5 Å². The van der Waals surface area contributed by atoms with Gasteiger partial charge in [-0.15, -0.1) is 0 Å². The number of morpholine rings is 1. The number of anilines is 1. The second-order valence-corrected chi connectivity index (χ2v) is 6.55. The van der Waals surface area contributed by atoms with Gasteiger partial charge in [-0.1, -0.05) is 30.3 Å². The second-order valence-electron chi connectivity index (χ2n) is 5.78. The summed E-state index contributed by atoms with van der Waals surface area (Å²) in [5, 5.41) is 3.89. The molecule has 0 aliphatic carbocycles. The highest BCUT2D eigenvalue weighted by atomic mass is 32.1. The summed E-state index contributed by atoms with van der Waals surface area (Å²) in [6, 6.07) is 10.1. The number of aryl methyl sites for hydroxylation is 1. The molecule has 2 atom stereocenters. The molecule has 2 heterocycles. The van der Waals surface area contributed by atoms with Gasteiger partial charge in [0.15, 0.2) is 0 Å². The van der Waals surface area contributed by atoms with Crippen molar-refractivity contribution >= 4 is 22.4 Å². The van der Waals surface area contributed by atoms with Crippen molar-refractivity contribution in [3.8, 4) is 0 Å². The van der Waals surface area contributed by atoms with Gasteiger partial charge in [0.05, 0.1) is 23.9 Å². The standard InChI is InChI=1S/C17H21N3O2S/c1-11-9-20(10-14(22-11)13-7-5-4-6-8-13)17(21)15-12(2)19-23-16(15)18-3/h4-8,11,14,18H,9-10H2,1-3H3/t11-,14-/m0/s1. The first kappa shape index (κ1) is 16.0. The van der Waals surface area contributed by atoms with E-state index >= 15 is 0 Å². The molecule has 3 rings (SSSR count). The number of rotatable bonds is 3. The van der Waals surface area contributed by atoms with Crippen LogP contribution in [0.4, 0.5) is 5.00 Å². The van der Waals surface area contributed by atoms with Crippen molar-refractivity contribution in [3.05, 3.63) is 47.2 Å². The molecule has 1 fully saturated rings. The van der Waals surface area contributed by atoms with E-state index in [2.05, 4.69) is 9.69 Å². The van der Waals surface area contributed by atoms with Crippen LogP contribution >= 0.6 is 11.5 Å². The Hall–Kier alpha value is -1.92. The van der Waals surface area contributed by atoms with Gasteiger partial charge in [-0.2, -0.15) is 4.37 Å². The minimum Gasteiger partial charge on any atom is -0.378 e. The molecule has 5 nitrogen and oxygen atoms in total. The van der Waals surface area contributed by atoms with Gasteiger partial charge in [0, 0.05) is 13.6 Å². The first-order valence-electron chi connectivity index (χ1n) is 7.74. The molecule has 1 aromatic heterocycles. The molecule has 122 valence electrons. The summed E-state index contributed by atoms with van der Waals surface area (Å²) in [7, 11) is 1.82. The zero-order valence-corrected chi connectivity index (χ0v) is 14.4. The Bertz CT molecular complexity index is 686. The van der Waals surface area contributed by atoms with Crippen LogP contribution in [-0.2, 0) is 4.74 Å². The van der Waals surface area contributed by atoms with E-state index in [9.17, 15) is 4.79 Å². The highest BCUT2D eigenvalue weighted by Crippen LogP contribution is 2.30. The lowest BCUT2D eigenvalue weighted by Crippen LogP contribution is -2.46. The number of aromatic nitrogens is 1. The van der Waals surface area contributed by atoms with E-state index in [-0.39, 0.29) is 18.1 Å². The average Bonchev–Trinajstić information content (AvgIpc) is 2.95. The van der Waals surface area contributed by atoms with Gasteiger partial charge in [0.1, 0.15) is 11.1 Å². The van der Waals surface area contributed by atoms with E-state index in [0.29, 0.717) is 18.7 Å². The number of ether oxygens (including phenoxy) is 1. The van der Waals surface area contributed by atoms with Crippen LogP contribution in [0.2, 0.25) is 0 Å². The molecule has 1 N–H and O–H groups in total. The van der Waals surface area contributed by atoms with E-state index in [1.165, 1.54) is 11.5 Å². The monoisotopic (exact) mass is 331 g/mol. The second kappa shape index (κ2) is 6.68. The number of carbonyl (C=O) groups is 1. The molecule has 0 bridgehead atoms. The highest BCUT2D eigenvalue weighted by Gasteiger charge is 2.32. The Morgan fingerprint density at radius 2 is 2.09 bits per heavy atom. The summed E-state index contributed by atoms with van der Waals surface area (Å²) in [6.45, 7) is 5.04. The maximum absolute atomic E-state index is 13.0. The lowest BCUT2D eigenvalue weighted by molar-refractivity contribution is -0.0691. The van der Waals surface area contributed by atoms with Crippen LogP contribution in [0.1, 0.15) is 34.6 Å². The zero-order chi connectivity index (χ0) is 16.4. The molecule has 1 amide bonds. The van der Waals surface area contributed by atoms with Crippen LogP contribution in [0, 0.1) is 6.92 Å². The number of hydrogen-bond donors (Lipinski definition) is 1. The molecule has 1 saturated heterocycles. The van der Waals surface area contributed by atoms with E-state index < -0.39 is 0 Å². The molecule has 1 aromatic carbocycles. The largest absolute Gasteiger partial charge is 0.378 e. The summed E-state index contributed by atoms with van der Waals surface area (Å²) in [5.74, 6) is 0.0247. The summed E-state index contributed by atoms with van der Waals surface area (Å²) in [5.41, 5.74) is 2.56. The molecule has 0 unspecified atom stereocenters. The van der Waals surface area contributed by atoms with Crippen molar-refractivity contribution < 1.29 is 9.53 Å². The third kappa shape index (κ3) is 3.23. The first-order chi connectivity index (χ1) is 11.1. The Morgan fingerprint density at radius 3 is 2.78 bits per heavy atom. The lowest BCUT2D eigenvalue weighted by atomic mass is 10.1. The van der Waals surface area contributed by atoms with Gasteiger partial charge in [0.2, 0.25) is 0 Å². The number of hydrogen-bond acceptors (Lipinski definition) is 5. The van der Waals surface area contributed by atoms with Gasteiger partial charge in [-0.25, -0.2) is 0 Å². The fraction of sp³-hybridized carbons (Fsp3) is 0.412. The fourth-order valence-electron chi connectivity index (χ4n) is 2.92. The highest BCUT2D eigenvalue weighted by molar-refractivity contribution is 7.10. The number of carbonyl (C=O) groups excluding carboxylic acids is 1. The van der Waals surface area contributed by atoms with Crippen molar-refractivity contribution in [2.24, 2.45) is 0 Å². The van der Waals surface area contributed by atoms with Gasteiger partial charge < -0.3 is 15.0 Å². The van der Waals surface area contributed by atoms with Crippen molar-refractivity contribution in [2.45, 2.75) is 26.1 Å². The number of benzene rings is 1. The number of nitrogens with zero attached hydrogens (tertiary/aromatic N) is 2. The third-order valence-corrected chi connectivity index (χ3v) is 4.98. The smallest absolute Gasteiger partial charge is 0.258 e. The van der Waals surface area contributed by atoms with Gasteiger partial charge in [-0.3, -0.25) is 4.79 Å². The van der Waals surface area contributed by atoms with Crippen LogP contribution in [-0.4, -0.2) is 41.4 Å². The molecule has 0 spiro atoms. The van der Waals surface area contributed by atoms with E-state index in [1.807, 2.05) is 56.1 Å². The Kier molecular flexibility index (Phi) is 4.63. The van der Waals surface area contributed by atoms with Crippen LogP contribution in [0.3, 0.4) is 0 Å². The zero-order valence-electron chi connectivity index (χ0n) is 13.6. The van der Waals surface area contributed by atoms with Crippen LogP contribution in [0.25, 0.3) is 0 Å². The third-order valence-electron chi connectivity index (χ3n) is 4.02. The average molecular weight is 331 g/mol. The van der Waals surface area contributed by atoms with E-state index in [4.69, 9.17) is 4.74 Å². The Labute approximate surface area is 140 Å². The van der Waals surface area contributed by atoms with Crippen molar-refractivity contribution in [1.29, 1.82) is 0 Å². The SMILES string of the molecule is CNc1snc(C)c1C(=O)N1C[C@@H](c2ccccc2)O[C@@H](C)C1. The van der Waals surface area contributed by atoms with Crippen LogP contribution in [0.5, 0.6) is 0 Å². The lowest BCUT2D eigenvalue weighted by Gasteiger charge is -2.37. The summed E-state index contributed by atoms with van der Waals surface area (Å²) in [4.78, 5) is 14.9. The predicted molar refractivity (Wildman–Crippen MR) is 92.0 cm³/mol. The molecule has 2 aromatic rings. The molecule has 23 heavy (non-hydrogen) atoms. The molecule has 1 aliphatic heterocycles. The minimum atomic E-state index is -0.0890. The minimum absolute atomic E-state index is 0.00263. The maximum atomic E-state index is 13.0. The van der Waals surface area contributed by atoms with Crippen molar-refractivity contribution in [1.82, 2.24) is 9.27 Å².